The minimum atomic E-state index is -0.567. The highest BCUT2D eigenvalue weighted by Gasteiger charge is 2.46. The van der Waals surface area contributed by atoms with E-state index in [-0.39, 0.29) is 0 Å². The van der Waals surface area contributed by atoms with Crippen molar-refractivity contribution >= 4 is 32.3 Å². The van der Waals surface area contributed by atoms with E-state index in [4.69, 9.17) is 0 Å². The van der Waals surface area contributed by atoms with Crippen LogP contribution < -0.4 is 0 Å². The first-order valence-electron chi connectivity index (χ1n) is 25.4. The van der Waals surface area contributed by atoms with E-state index in [9.17, 15) is 0 Å². The van der Waals surface area contributed by atoms with Crippen LogP contribution in [0.3, 0.4) is 0 Å². The molecule has 1 aliphatic rings. The summed E-state index contributed by atoms with van der Waals surface area (Å²) in [6, 6.07) is 108. The normalized spacial score (nSPS) is 13.8. The maximum atomic E-state index is 2.53. The van der Waals surface area contributed by atoms with E-state index in [1.54, 1.807) is 0 Å². The number of rotatable bonds is 8. The number of hydrogen-bond donors (Lipinski definition) is 0. The SMILES string of the molecule is c1ccc(-c2cc(-c3ccccc3)cc(-c3ccc(-c4c5ccccc5c(-c5ccc6c(c5)C(c5ccccc5)(c5cccc(-c7ccccc7)c5)c5ccccc5-6)c5ccccc45)c4ccccc34)c2)cc1. The lowest BCUT2D eigenvalue weighted by molar-refractivity contribution is 0.769. The second kappa shape index (κ2) is 17.5. The molecule has 0 saturated carbocycles. The van der Waals surface area contributed by atoms with Crippen LogP contribution in [0, 0.1) is 0 Å². The number of hydrogen-bond acceptors (Lipinski definition) is 0. The van der Waals surface area contributed by atoms with E-state index in [1.807, 2.05) is 0 Å². The molecule has 0 amide bonds. The Kier molecular flexibility index (Phi) is 10.2. The summed E-state index contributed by atoms with van der Waals surface area (Å²) >= 11 is 0. The molecule has 1 atom stereocenters. The standard InChI is InChI=1S/C73H48/c1-5-22-49(23-6-1)52-28-21-31-58(47-52)73(57-29-11-4-12-30-57)69-39-20-19-34-62(69)63-41-40-53(48-70(63)73)71-64-35-15-17-37-66(64)72(67-38-18-16-36-65(67)71)68-43-42-59(60-32-13-14-33-61(60)68)56-45-54(50-24-7-2-8-25-50)44-55(46-56)51-26-9-3-10-27-51/h1-48H. The third-order valence-corrected chi connectivity index (χ3v) is 15.5. The van der Waals surface area contributed by atoms with Gasteiger partial charge >= 0.3 is 0 Å². The Labute approximate surface area is 426 Å². The van der Waals surface area contributed by atoms with Crippen LogP contribution in [0.1, 0.15) is 22.3 Å². The van der Waals surface area contributed by atoms with E-state index < -0.39 is 5.41 Å². The molecule has 0 heterocycles. The number of benzene rings is 13. The van der Waals surface area contributed by atoms with Gasteiger partial charge in [-0.25, -0.2) is 0 Å². The highest BCUT2D eigenvalue weighted by atomic mass is 14.5. The molecule has 340 valence electrons. The van der Waals surface area contributed by atoms with Crippen molar-refractivity contribution in [1.82, 2.24) is 0 Å². The Morgan fingerprint density at radius 3 is 1.19 bits per heavy atom. The van der Waals surface area contributed by atoms with Gasteiger partial charge in [-0.15, -0.1) is 0 Å². The Morgan fingerprint density at radius 1 is 0.178 bits per heavy atom. The molecule has 13 aromatic rings. The monoisotopic (exact) mass is 924 g/mol. The van der Waals surface area contributed by atoms with E-state index >= 15 is 0 Å². The summed E-state index contributed by atoms with van der Waals surface area (Å²) in [6.45, 7) is 0. The van der Waals surface area contributed by atoms with Crippen molar-refractivity contribution in [2.24, 2.45) is 0 Å². The second-order valence-corrected chi connectivity index (χ2v) is 19.4. The van der Waals surface area contributed by atoms with E-state index in [0.717, 1.165) is 0 Å². The second-order valence-electron chi connectivity index (χ2n) is 19.4. The van der Waals surface area contributed by atoms with Crippen LogP contribution in [0.15, 0.2) is 291 Å². The van der Waals surface area contributed by atoms with Crippen LogP contribution in [0.2, 0.25) is 0 Å². The quantitative estimate of drug-likeness (QED) is 0.133. The predicted molar refractivity (Wildman–Crippen MR) is 309 cm³/mol. The van der Waals surface area contributed by atoms with Crippen molar-refractivity contribution in [2.75, 3.05) is 0 Å². The largest absolute Gasteiger partial charge is 0.0713 e. The third kappa shape index (κ3) is 6.91. The fourth-order valence-corrected chi connectivity index (χ4v) is 12.4. The smallest absolute Gasteiger partial charge is 0.0622 e. The van der Waals surface area contributed by atoms with Gasteiger partial charge in [0.25, 0.3) is 0 Å². The molecule has 0 aliphatic heterocycles. The molecule has 0 spiro atoms. The Balaban J connectivity index is 0.990. The van der Waals surface area contributed by atoms with Gasteiger partial charge in [0.2, 0.25) is 0 Å². The van der Waals surface area contributed by atoms with Gasteiger partial charge in [0.05, 0.1) is 5.41 Å². The lowest BCUT2D eigenvalue weighted by Gasteiger charge is -2.34. The summed E-state index contributed by atoms with van der Waals surface area (Å²) in [7, 11) is 0. The van der Waals surface area contributed by atoms with E-state index in [0.29, 0.717) is 0 Å². The van der Waals surface area contributed by atoms with Crippen molar-refractivity contribution in [1.29, 1.82) is 0 Å². The Hall–Kier alpha value is -9.36. The van der Waals surface area contributed by atoms with Gasteiger partial charge in [0.1, 0.15) is 0 Å². The van der Waals surface area contributed by atoms with Crippen molar-refractivity contribution in [3.05, 3.63) is 313 Å². The maximum Gasteiger partial charge on any atom is 0.0713 e. The van der Waals surface area contributed by atoms with Crippen LogP contribution >= 0.6 is 0 Å². The zero-order valence-corrected chi connectivity index (χ0v) is 40.2. The summed E-state index contributed by atoms with van der Waals surface area (Å²) < 4.78 is 0. The first kappa shape index (κ1) is 42.5. The summed E-state index contributed by atoms with van der Waals surface area (Å²) in [5.41, 5.74) is 21.7. The summed E-state index contributed by atoms with van der Waals surface area (Å²) in [6.07, 6.45) is 0. The molecule has 13 aromatic carbocycles. The molecule has 0 N–H and O–H groups in total. The molecule has 73 heavy (non-hydrogen) atoms. The van der Waals surface area contributed by atoms with Crippen molar-refractivity contribution in [3.8, 4) is 77.9 Å². The molecule has 0 radical (unpaired) electrons. The lowest BCUT2D eigenvalue weighted by atomic mass is 9.67. The average molecular weight is 925 g/mol. The van der Waals surface area contributed by atoms with Gasteiger partial charge in [-0.2, -0.15) is 0 Å². The van der Waals surface area contributed by atoms with Gasteiger partial charge in [0, 0.05) is 0 Å². The first-order valence-corrected chi connectivity index (χ1v) is 25.4. The molecule has 1 unspecified atom stereocenters. The van der Waals surface area contributed by atoms with Crippen molar-refractivity contribution < 1.29 is 0 Å². The molecule has 0 saturated heterocycles. The zero-order valence-electron chi connectivity index (χ0n) is 40.2. The fourth-order valence-electron chi connectivity index (χ4n) is 12.4. The molecular formula is C73H48. The van der Waals surface area contributed by atoms with Crippen LogP contribution in [0.25, 0.3) is 110 Å². The van der Waals surface area contributed by atoms with Crippen LogP contribution in [0.5, 0.6) is 0 Å². The number of fused-ring (bicyclic) bond motifs is 6. The fraction of sp³-hybridized carbons (Fsp3) is 0.0137. The van der Waals surface area contributed by atoms with Crippen molar-refractivity contribution in [2.45, 2.75) is 5.41 Å². The first-order chi connectivity index (χ1) is 36.2. The molecular weight excluding hydrogens is 877 g/mol. The van der Waals surface area contributed by atoms with Crippen LogP contribution in [-0.4, -0.2) is 0 Å². The van der Waals surface area contributed by atoms with Gasteiger partial charge in [-0.1, -0.05) is 261 Å². The van der Waals surface area contributed by atoms with Gasteiger partial charge < -0.3 is 0 Å². The van der Waals surface area contributed by atoms with Gasteiger partial charge in [0.15, 0.2) is 0 Å². The Morgan fingerprint density at radius 2 is 0.589 bits per heavy atom. The molecule has 0 nitrogen and oxygen atoms in total. The average Bonchev–Trinajstić information content (AvgIpc) is 3.78. The Bertz CT molecular complexity index is 4110. The topological polar surface area (TPSA) is 0 Å². The van der Waals surface area contributed by atoms with Crippen LogP contribution in [0.4, 0.5) is 0 Å². The molecule has 14 rings (SSSR count). The summed E-state index contributed by atoms with van der Waals surface area (Å²) in [5, 5.41) is 7.40. The highest BCUT2D eigenvalue weighted by molar-refractivity contribution is 6.24. The van der Waals surface area contributed by atoms with Crippen molar-refractivity contribution in [3.63, 3.8) is 0 Å². The van der Waals surface area contributed by atoms with Gasteiger partial charge in [-0.05, 0) is 163 Å². The molecule has 1 aliphatic carbocycles. The minimum Gasteiger partial charge on any atom is -0.0622 e. The molecule has 0 fully saturated rings. The highest BCUT2D eigenvalue weighted by Crippen LogP contribution is 2.58. The predicted octanol–water partition coefficient (Wildman–Crippen LogP) is 19.5. The van der Waals surface area contributed by atoms with Gasteiger partial charge in [-0.3, -0.25) is 0 Å². The summed E-state index contributed by atoms with van der Waals surface area (Å²) in [5.74, 6) is 0. The van der Waals surface area contributed by atoms with Crippen LogP contribution in [-0.2, 0) is 5.41 Å². The molecule has 0 bridgehead atoms. The van der Waals surface area contributed by atoms with E-state index in [2.05, 4.69) is 291 Å². The van der Waals surface area contributed by atoms with E-state index in [1.165, 1.54) is 132 Å². The third-order valence-electron chi connectivity index (χ3n) is 15.5. The lowest BCUT2D eigenvalue weighted by Crippen LogP contribution is -2.28. The minimum absolute atomic E-state index is 0.567. The summed E-state index contributed by atoms with van der Waals surface area (Å²) in [4.78, 5) is 0. The molecule has 0 heteroatoms. The maximum absolute atomic E-state index is 2.53. The molecule has 0 aromatic heterocycles. The zero-order chi connectivity index (χ0) is 48.3.